The van der Waals surface area contributed by atoms with E-state index in [1.807, 2.05) is 13.8 Å². The van der Waals surface area contributed by atoms with E-state index in [0.717, 1.165) is 0 Å². The highest BCUT2D eigenvalue weighted by atomic mass is 16.7. The van der Waals surface area contributed by atoms with Crippen LogP contribution in [0.1, 0.15) is 19.4 Å². The molecule has 9 nitrogen and oxygen atoms in total. The zero-order valence-electron chi connectivity index (χ0n) is 16.9. The summed E-state index contributed by atoms with van der Waals surface area (Å²) in [4.78, 5) is 12.5. The summed E-state index contributed by atoms with van der Waals surface area (Å²) in [6.45, 7) is 6.85. The van der Waals surface area contributed by atoms with Gasteiger partial charge in [-0.1, -0.05) is 19.9 Å². The topological polar surface area (TPSA) is 139 Å². The third-order valence-electron chi connectivity index (χ3n) is 5.31. The summed E-state index contributed by atoms with van der Waals surface area (Å²) in [7, 11) is 1.41. The van der Waals surface area contributed by atoms with Crippen molar-refractivity contribution < 1.29 is 39.1 Å². The fraction of sp³-hybridized carbons (Fsp3) is 0.476. The third-order valence-corrected chi connectivity index (χ3v) is 5.31. The first kappa shape index (κ1) is 22.3. The Morgan fingerprint density at radius 3 is 2.43 bits per heavy atom. The molecule has 1 aromatic carbocycles. The molecule has 3 rings (SSSR count). The highest BCUT2D eigenvalue weighted by Gasteiger charge is 2.45. The number of benzene rings is 1. The molecule has 0 saturated carbocycles. The van der Waals surface area contributed by atoms with Crippen molar-refractivity contribution in [3.8, 4) is 11.5 Å². The molecule has 1 aliphatic heterocycles. The van der Waals surface area contributed by atoms with Crippen LogP contribution in [0, 0.1) is 0 Å². The first-order valence-electron chi connectivity index (χ1n) is 9.40. The normalized spacial score (nSPS) is 27.1. The zero-order valence-corrected chi connectivity index (χ0v) is 16.9. The van der Waals surface area contributed by atoms with Gasteiger partial charge >= 0.3 is 5.63 Å². The largest absolute Gasteiger partial charge is 0.493 e. The highest BCUT2D eigenvalue weighted by Crippen LogP contribution is 2.36. The second-order valence-corrected chi connectivity index (χ2v) is 7.73. The minimum absolute atomic E-state index is 0.0770. The maximum atomic E-state index is 12.5. The molecule has 9 heteroatoms. The SMILES string of the molecule is C=CC(C)(C)c1cc2cc(OC)c(O[C@@H]3O[C@H](CO)[C@@H](O)[C@H](O)[C@H]3O)cc2oc1=O. The molecule has 1 aliphatic rings. The van der Waals surface area contributed by atoms with E-state index < -0.39 is 48.4 Å². The lowest BCUT2D eigenvalue weighted by Crippen LogP contribution is -2.60. The second kappa shape index (κ2) is 8.37. The standard InChI is InChI=1S/C21H26O9/c1-5-21(2,3)11-6-10-7-13(27-4)14(8-12(10)28-19(11)26)29-20-18(25)17(24)16(23)15(9-22)30-20/h5-8,15-18,20,22-25H,1,9H2,2-4H3/t15-,16-,17+,18-,20-/m1/s1. The molecule has 164 valence electrons. The summed E-state index contributed by atoms with van der Waals surface area (Å²) in [5, 5.41) is 39.9. The lowest BCUT2D eigenvalue weighted by molar-refractivity contribution is -0.277. The number of hydrogen-bond donors (Lipinski definition) is 4. The van der Waals surface area contributed by atoms with Crippen molar-refractivity contribution in [2.24, 2.45) is 0 Å². The Morgan fingerprint density at radius 1 is 1.13 bits per heavy atom. The van der Waals surface area contributed by atoms with Gasteiger partial charge in [-0.15, -0.1) is 6.58 Å². The van der Waals surface area contributed by atoms with Gasteiger partial charge in [0.25, 0.3) is 0 Å². The maximum Gasteiger partial charge on any atom is 0.340 e. The molecule has 0 aliphatic carbocycles. The quantitative estimate of drug-likeness (QED) is 0.386. The van der Waals surface area contributed by atoms with Crippen LogP contribution in [-0.4, -0.2) is 64.8 Å². The minimum Gasteiger partial charge on any atom is -0.493 e. The van der Waals surface area contributed by atoms with Gasteiger partial charge in [0, 0.05) is 22.4 Å². The number of rotatable bonds is 6. The molecule has 1 saturated heterocycles. The van der Waals surface area contributed by atoms with E-state index in [9.17, 15) is 25.2 Å². The smallest absolute Gasteiger partial charge is 0.340 e. The van der Waals surface area contributed by atoms with Crippen LogP contribution in [-0.2, 0) is 10.2 Å². The Bertz CT molecular complexity index is 978. The second-order valence-electron chi connectivity index (χ2n) is 7.73. The number of aliphatic hydroxyl groups is 4. The molecule has 0 spiro atoms. The van der Waals surface area contributed by atoms with Crippen LogP contribution in [0.15, 0.2) is 40.1 Å². The Hall–Kier alpha value is -2.43. The number of fused-ring (bicyclic) bond motifs is 1. The lowest BCUT2D eigenvalue weighted by atomic mass is 9.85. The van der Waals surface area contributed by atoms with Gasteiger partial charge in [-0.25, -0.2) is 4.79 Å². The number of hydrogen-bond acceptors (Lipinski definition) is 9. The molecule has 0 unspecified atom stereocenters. The van der Waals surface area contributed by atoms with Crippen molar-refractivity contribution in [2.75, 3.05) is 13.7 Å². The van der Waals surface area contributed by atoms with Crippen LogP contribution < -0.4 is 15.1 Å². The molecule has 30 heavy (non-hydrogen) atoms. The monoisotopic (exact) mass is 422 g/mol. The van der Waals surface area contributed by atoms with E-state index in [0.29, 0.717) is 10.9 Å². The van der Waals surface area contributed by atoms with Gasteiger partial charge in [0.2, 0.25) is 6.29 Å². The molecule has 2 aromatic rings. The van der Waals surface area contributed by atoms with Gasteiger partial charge in [0.1, 0.15) is 30.0 Å². The van der Waals surface area contributed by atoms with Crippen LogP contribution in [0.2, 0.25) is 0 Å². The van der Waals surface area contributed by atoms with E-state index in [1.54, 1.807) is 18.2 Å². The summed E-state index contributed by atoms with van der Waals surface area (Å²) in [6.07, 6.45) is -5.56. The molecule has 5 atom stereocenters. The lowest BCUT2D eigenvalue weighted by Gasteiger charge is -2.39. The molecule has 1 aromatic heterocycles. The fourth-order valence-electron chi connectivity index (χ4n) is 3.23. The first-order valence-corrected chi connectivity index (χ1v) is 9.40. The maximum absolute atomic E-state index is 12.5. The van der Waals surface area contributed by atoms with Crippen molar-refractivity contribution in [1.82, 2.24) is 0 Å². The Kier molecular flexibility index (Phi) is 6.21. The fourth-order valence-corrected chi connectivity index (χ4v) is 3.23. The van der Waals surface area contributed by atoms with Crippen LogP contribution in [0.25, 0.3) is 11.0 Å². The average Bonchev–Trinajstić information content (AvgIpc) is 2.73. The van der Waals surface area contributed by atoms with Crippen LogP contribution >= 0.6 is 0 Å². The molecule has 1 fully saturated rings. The number of methoxy groups -OCH3 is 1. The van der Waals surface area contributed by atoms with Crippen LogP contribution in [0.3, 0.4) is 0 Å². The molecular formula is C21H26O9. The summed E-state index contributed by atoms with van der Waals surface area (Å²) in [5.41, 5.74) is -0.497. The van der Waals surface area contributed by atoms with E-state index in [1.165, 1.54) is 13.2 Å². The van der Waals surface area contributed by atoms with Gasteiger partial charge < -0.3 is 39.1 Å². The molecule has 2 heterocycles. The van der Waals surface area contributed by atoms with E-state index >= 15 is 0 Å². The molecule has 0 bridgehead atoms. The van der Waals surface area contributed by atoms with Gasteiger partial charge in [-0.05, 0) is 12.1 Å². The molecule has 0 radical (unpaired) electrons. The zero-order chi connectivity index (χ0) is 22.2. The van der Waals surface area contributed by atoms with Gasteiger partial charge in [0.15, 0.2) is 11.5 Å². The van der Waals surface area contributed by atoms with Gasteiger partial charge in [-0.2, -0.15) is 0 Å². The Balaban J connectivity index is 2.01. The van der Waals surface area contributed by atoms with Crippen molar-refractivity contribution in [2.45, 2.75) is 50.0 Å². The number of aliphatic hydroxyl groups excluding tert-OH is 4. The van der Waals surface area contributed by atoms with Crippen molar-refractivity contribution >= 4 is 11.0 Å². The first-order chi connectivity index (χ1) is 14.1. The molecule has 4 N–H and O–H groups in total. The number of ether oxygens (including phenoxy) is 3. The number of allylic oxidation sites excluding steroid dienone is 1. The predicted octanol–water partition coefficient (Wildman–Crippen LogP) is 0.444. The molecular weight excluding hydrogens is 396 g/mol. The van der Waals surface area contributed by atoms with Gasteiger partial charge in [-0.3, -0.25) is 0 Å². The van der Waals surface area contributed by atoms with Gasteiger partial charge in [0.05, 0.1) is 13.7 Å². The molecule has 0 amide bonds. The van der Waals surface area contributed by atoms with E-state index in [2.05, 4.69) is 6.58 Å². The van der Waals surface area contributed by atoms with Crippen molar-refractivity contribution in [3.05, 3.63) is 46.8 Å². The average molecular weight is 422 g/mol. The summed E-state index contributed by atoms with van der Waals surface area (Å²) in [5.74, 6) is 0.337. The van der Waals surface area contributed by atoms with Crippen LogP contribution in [0.5, 0.6) is 11.5 Å². The minimum atomic E-state index is -1.59. The van der Waals surface area contributed by atoms with Crippen LogP contribution in [0.4, 0.5) is 0 Å². The Labute approximate surface area is 172 Å². The van der Waals surface area contributed by atoms with E-state index in [4.69, 9.17) is 18.6 Å². The Morgan fingerprint density at radius 2 is 1.83 bits per heavy atom. The summed E-state index contributed by atoms with van der Waals surface area (Å²) in [6, 6.07) is 4.69. The summed E-state index contributed by atoms with van der Waals surface area (Å²) >= 11 is 0. The van der Waals surface area contributed by atoms with Crippen molar-refractivity contribution in [1.29, 1.82) is 0 Å². The van der Waals surface area contributed by atoms with E-state index in [-0.39, 0.29) is 17.1 Å². The third kappa shape index (κ3) is 3.94. The summed E-state index contributed by atoms with van der Waals surface area (Å²) < 4.78 is 21.8. The highest BCUT2D eigenvalue weighted by molar-refractivity contribution is 5.81. The van der Waals surface area contributed by atoms with Crippen molar-refractivity contribution in [3.63, 3.8) is 0 Å². The predicted molar refractivity (Wildman–Crippen MR) is 107 cm³/mol.